The third kappa shape index (κ3) is 6.32. The van der Waals surface area contributed by atoms with Crippen LogP contribution in [0.1, 0.15) is 44.6 Å². The number of aryl methyl sites for hydroxylation is 1. The second-order valence-electron chi connectivity index (χ2n) is 4.38. The molecular weight excluding hydrogens is 212 g/mol. The molecule has 2 nitrogen and oxygen atoms in total. The molecule has 0 bridgehead atoms. The molecule has 0 aromatic heterocycles. The molecule has 0 saturated carbocycles. The summed E-state index contributed by atoms with van der Waals surface area (Å²) >= 11 is 0. The molecule has 1 aromatic carbocycles. The average molecular weight is 236 g/mol. The fourth-order valence-corrected chi connectivity index (χ4v) is 1.75. The van der Waals surface area contributed by atoms with Crippen LogP contribution in [0.3, 0.4) is 0 Å². The van der Waals surface area contributed by atoms with Crippen molar-refractivity contribution >= 4 is 0 Å². The highest BCUT2D eigenvalue weighted by Gasteiger charge is 1.97. The lowest BCUT2D eigenvalue weighted by molar-refractivity contribution is 0.266. The summed E-state index contributed by atoms with van der Waals surface area (Å²) in [6.07, 6.45) is 6.52. The topological polar surface area (TPSA) is 29.5 Å². The molecule has 1 rings (SSSR count). The van der Waals surface area contributed by atoms with Crippen molar-refractivity contribution in [2.75, 3.05) is 13.2 Å². The van der Waals surface area contributed by atoms with Gasteiger partial charge in [-0.25, -0.2) is 0 Å². The largest absolute Gasteiger partial charge is 0.494 e. The van der Waals surface area contributed by atoms with Crippen LogP contribution in [0.25, 0.3) is 0 Å². The van der Waals surface area contributed by atoms with Gasteiger partial charge >= 0.3 is 0 Å². The molecule has 0 aliphatic heterocycles. The zero-order valence-electron chi connectivity index (χ0n) is 10.8. The van der Waals surface area contributed by atoms with Crippen LogP contribution in [-0.4, -0.2) is 18.3 Å². The lowest BCUT2D eigenvalue weighted by atomic mass is 10.1. The highest BCUT2D eigenvalue weighted by atomic mass is 16.5. The van der Waals surface area contributed by atoms with Crippen molar-refractivity contribution in [3.8, 4) is 5.75 Å². The van der Waals surface area contributed by atoms with Crippen LogP contribution in [0, 0.1) is 0 Å². The first-order chi connectivity index (χ1) is 8.36. The molecule has 0 fully saturated rings. The number of benzene rings is 1. The van der Waals surface area contributed by atoms with Gasteiger partial charge in [0.15, 0.2) is 0 Å². The maximum Gasteiger partial charge on any atom is 0.119 e. The standard InChI is InChI=1S/C15H24O2/c1-2-3-8-14-9-7-10-15(13-14)17-12-6-4-5-11-16/h7,9-10,13,16H,2-6,8,11-12H2,1H3. The average Bonchev–Trinajstić information content (AvgIpc) is 2.37. The number of aliphatic hydroxyl groups is 1. The number of aliphatic hydroxyl groups excluding tert-OH is 1. The Morgan fingerprint density at radius 2 is 2.00 bits per heavy atom. The normalized spacial score (nSPS) is 10.5. The summed E-state index contributed by atoms with van der Waals surface area (Å²) in [6.45, 7) is 3.24. The van der Waals surface area contributed by atoms with Gasteiger partial charge in [-0.05, 0) is 49.8 Å². The molecule has 0 radical (unpaired) electrons. The quantitative estimate of drug-likeness (QED) is 0.664. The van der Waals surface area contributed by atoms with Crippen LogP contribution in [0.4, 0.5) is 0 Å². The summed E-state index contributed by atoms with van der Waals surface area (Å²) in [7, 11) is 0. The van der Waals surface area contributed by atoms with Crippen LogP contribution in [0.5, 0.6) is 5.75 Å². The highest BCUT2D eigenvalue weighted by molar-refractivity contribution is 5.28. The SMILES string of the molecule is CCCCc1cccc(OCCCCCO)c1. The third-order valence-corrected chi connectivity index (χ3v) is 2.79. The summed E-state index contributed by atoms with van der Waals surface area (Å²) < 4.78 is 5.69. The minimum absolute atomic E-state index is 0.284. The van der Waals surface area contributed by atoms with E-state index in [1.54, 1.807) is 0 Å². The predicted octanol–water partition coefficient (Wildman–Crippen LogP) is 3.57. The molecule has 0 aliphatic carbocycles. The fraction of sp³-hybridized carbons (Fsp3) is 0.600. The van der Waals surface area contributed by atoms with E-state index in [4.69, 9.17) is 9.84 Å². The highest BCUT2D eigenvalue weighted by Crippen LogP contribution is 2.15. The van der Waals surface area contributed by atoms with Crippen LogP contribution in [-0.2, 0) is 6.42 Å². The van der Waals surface area contributed by atoms with Crippen LogP contribution >= 0.6 is 0 Å². The van der Waals surface area contributed by atoms with Gasteiger partial charge in [0.2, 0.25) is 0 Å². The first-order valence-corrected chi connectivity index (χ1v) is 6.69. The maximum atomic E-state index is 8.66. The van der Waals surface area contributed by atoms with E-state index in [1.165, 1.54) is 18.4 Å². The van der Waals surface area contributed by atoms with Crippen molar-refractivity contribution in [1.29, 1.82) is 0 Å². The van der Waals surface area contributed by atoms with E-state index in [9.17, 15) is 0 Å². The Morgan fingerprint density at radius 1 is 1.12 bits per heavy atom. The summed E-state index contributed by atoms with van der Waals surface area (Å²) in [4.78, 5) is 0. The van der Waals surface area contributed by atoms with Gasteiger partial charge in [-0.3, -0.25) is 0 Å². The molecule has 2 heteroatoms. The molecule has 0 spiro atoms. The van der Waals surface area contributed by atoms with E-state index in [0.717, 1.165) is 38.0 Å². The molecule has 96 valence electrons. The first-order valence-electron chi connectivity index (χ1n) is 6.69. The predicted molar refractivity (Wildman–Crippen MR) is 71.5 cm³/mol. The van der Waals surface area contributed by atoms with Crippen molar-refractivity contribution in [3.05, 3.63) is 29.8 Å². The molecule has 0 saturated heterocycles. The number of ether oxygens (including phenoxy) is 1. The van der Waals surface area contributed by atoms with Crippen molar-refractivity contribution in [2.45, 2.75) is 45.4 Å². The minimum atomic E-state index is 0.284. The fourth-order valence-electron chi connectivity index (χ4n) is 1.75. The Kier molecular flexibility index (Phi) is 7.48. The first kappa shape index (κ1) is 14.0. The van der Waals surface area contributed by atoms with Gasteiger partial charge in [-0.15, -0.1) is 0 Å². The summed E-state index contributed by atoms with van der Waals surface area (Å²) in [6, 6.07) is 8.38. The number of hydrogen-bond donors (Lipinski definition) is 1. The van der Waals surface area contributed by atoms with Gasteiger partial charge in [0.1, 0.15) is 5.75 Å². The van der Waals surface area contributed by atoms with Crippen molar-refractivity contribution in [1.82, 2.24) is 0 Å². The van der Waals surface area contributed by atoms with E-state index in [2.05, 4.69) is 25.1 Å². The van der Waals surface area contributed by atoms with Crippen molar-refractivity contribution in [3.63, 3.8) is 0 Å². The number of unbranched alkanes of at least 4 members (excludes halogenated alkanes) is 3. The van der Waals surface area contributed by atoms with Gasteiger partial charge < -0.3 is 9.84 Å². The molecule has 0 aliphatic rings. The molecule has 0 heterocycles. The van der Waals surface area contributed by atoms with E-state index < -0.39 is 0 Å². The second-order valence-corrected chi connectivity index (χ2v) is 4.38. The zero-order valence-corrected chi connectivity index (χ0v) is 10.8. The van der Waals surface area contributed by atoms with E-state index in [1.807, 2.05) is 6.07 Å². The molecular formula is C15H24O2. The Balaban J connectivity index is 2.27. The molecule has 0 amide bonds. The van der Waals surface area contributed by atoms with Gasteiger partial charge in [0, 0.05) is 6.61 Å². The molecule has 1 aromatic rings. The van der Waals surface area contributed by atoms with Gasteiger partial charge in [-0.1, -0.05) is 25.5 Å². The summed E-state index contributed by atoms with van der Waals surface area (Å²) in [5.41, 5.74) is 1.36. The second kappa shape index (κ2) is 9.06. The number of rotatable bonds is 9. The zero-order chi connectivity index (χ0) is 12.3. The molecule has 17 heavy (non-hydrogen) atoms. The number of hydrogen-bond acceptors (Lipinski definition) is 2. The lowest BCUT2D eigenvalue weighted by Crippen LogP contribution is -1.98. The van der Waals surface area contributed by atoms with Gasteiger partial charge in [0.05, 0.1) is 6.61 Å². The molecule has 0 unspecified atom stereocenters. The van der Waals surface area contributed by atoms with Gasteiger partial charge in [0.25, 0.3) is 0 Å². The Hall–Kier alpha value is -1.02. The molecule has 0 atom stereocenters. The Morgan fingerprint density at radius 3 is 2.76 bits per heavy atom. The van der Waals surface area contributed by atoms with E-state index in [-0.39, 0.29) is 6.61 Å². The van der Waals surface area contributed by atoms with Crippen molar-refractivity contribution < 1.29 is 9.84 Å². The van der Waals surface area contributed by atoms with Gasteiger partial charge in [-0.2, -0.15) is 0 Å². The van der Waals surface area contributed by atoms with Crippen LogP contribution < -0.4 is 4.74 Å². The molecule has 1 N–H and O–H groups in total. The lowest BCUT2D eigenvalue weighted by Gasteiger charge is -2.07. The Labute approximate surface area is 105 Å². The van der Waals surface area contributed by atoms with Crippen molar-refractivity contribution in [2.24, 2.45) is 0 Å². The Bertz CT molecular complexity index is 297. The van der Waals surface area contributed by atoms with E-state index in [0.29, 0.717) is 0 Å². The minimum Gasteiger partial charge on any atom is -0.494 e. The van der Waals surface area contributed by atoms with Crippen LogP contribution in [0.15, 0.2) is 24.3 Å². The summed E-state index contributed by atoms with van der Waals surface area (Å²) in [5, 5.41) is 8.66. The van der Waals surface area contributed by atoms with Crippen LogP contribution in [0.2, 0.25) is 0 Å². The monoisotopic (exact) mass is 236 g/mol. The summed E-state index contributed by atoms with van der Waals surface area (Å²) in [5.74, 6) is 0.975. The van der Waals surface area contributed by atoms with E-state index >= 15 is 0 Å². The third-order valence-electron chi connectivity index (χ3n) is 2.79. The maximum absolute atomic E-state index is 8.66. The smallest absolute Gasteiger partial charge is 0.119 e.